The van der Waals surface area contributed by atoms with Gasteiger partial charge in [0.1, 0.15) is 0 Å². The molecule has 1 N–H and O–H groups in total. The van der Waals surface area contributed by atoms with Crippen LogP contribution in [0.4, 0.5) is 14.5 Å². The number of sulfonamides is 1. The van der Waals surface area contributed by atoms with E-state index >= 15 is 0 Å². The first kappa shape index (κ1) is 20.2. The number of amides is 1. The van der Waals surface area contributed by atoms with Crippen LogP contribution in [0.15, 0.2) is 18.2 Å². The Labute approximate surface area is 150 Å². The van der Waals surface area contributed by atoms with Gasteiger partial charge in [-0.1, -0.05) is 0 Å². The maximum absolute atomic E-state index is 13.1. The summed E-state index contributed by atoms with van der Waals surface area (Å²) in [6, 6.07) is 2.88. The third kappa shape index (κ3) is 5.21. The summed E-state index contributed by atoms with van der Waals surface area (Å²) < 4.78 is 55.3. The number of esters is 1. The zero-order valence-corrected chi connectivity index (χ0v) is 15.2. The SMILES string of the molecule is CC(OC(=O)C1CCN(S(C)(=O)=O)CC1)C(=O)Nc1ccc(F)c(F)c1. The van der Waals surface area contributed by atoms with Gasteiger partial charge >= 0.3 is 5.97 Å². The van der Waals surface area contributed by atoms with Gasteiger partial charge in [-0.25, -0.2) is 21.5 Å². The number of carbonyl (C=O) groups is 2. The van der Waals surface area contributed by atoms with Crippen LogP contribution in [0.2, 0.25) is 0 Å². The molecule has 1 aromatic carbocycles. The van der Waals surface area contributed by atoms with Crippen molar-refractivity contribution in [3.05, 3.63) is 29.8 Å². The molecular formula is C16H20F2N2O5S. The molecule has 1 atom stereocenters. The van der Waals surface area contributed by atoms with Gasteiger partial charge in [-0.05, 0) is 31.9 Å². The van der Waals surface area contributed by atoms with Gasteiger partial charge in [0.15, 0.2) is 17.7 Å². The van der Waals surface area contributed by atoms with E-state index in [1.807, 2.05) is 0 Å². The van der Waals surface area contributed by atoms with Crippen molar-refractivity contribution in [2.24, 2.45) is 5.92 Å². The molecule has 0 aliphatic carbocycles. The van der Waals surface area contributed by atoms with Crippen LogP contribution in [0.25, 0.3) is 0 Å². The molecule has 0 saturated carbocycles. The summed E-state index contributed by atoms with van der Waals surface area (Å²) in [5.41, 5.74) is 0.0401. The second-order valence-electron chi connectivity index (χ2n) is 6.13. The van der Waals surface area contributed by atoms with Gasteiger partial charge in [0, 0.05) is 24.8 Å². The lowest BCUT2D eigenvalue weighted by Crippen LogP contribution is -2.41. The summed E-state index contributed by atoms with van der Waals surface area (Å²) in [6.45, 7) is 1.79. The number of rotatable bonds is 5. The van der Waals surface area contributed by atoms with Crippen molar-refractivity contribution in [1.29, 1.82) is 0 Å². The molecule has 1 aliphatic rings. The Morgan fingerprint density at radius 2 is 1.85 bits per heavy atom. The Kier molecular flexibility index (Phi) is 6.30. The first-order valence-corrected chi connectivity index (χ1v) is 9.84. The van der Waals surface area contributed by atoms with Gasteiger partial charge in [-0.2, -0.15) is 0 Å². The fraction of sp³-hybridized carbons (Fsp3) is 0.500. The molecule has 7 nitrogen and oxygen atoms in total. The number of anilines is 1. The number of carbonyl (C=O) groups excluding carboxylic acids is 2. The minimum atomic E-state index is -3.29. The van der Waals surface area contributed by atoms with Crippen LogP contribution in [-0.2, 0) is 24.3 Å². The van der Waals surface area contributed by atoms with E-state index in [9.17, 15) is 26.8 Å². The molecule has 1 unspecified atom stereocenters. The van der Waals surface area contributed by atoms with Crippen molar-refractivity contribution < 1.29 is 31.5 Å². The van der Waals surface area contributed by atoms with E-state index in [1.165, 1.54) is 17.3 Å². The molecule has 0 bridgehead atoms. The molecule has 26 heavy (non-hydrogen) atoms. The van der Waals surface area contributed by atoms with E-state index in [-0.39, 0.29) is 18.8 Å². The number of hydrogen-bond acceptors (Lipinski definition) is 5. The van der Waals surface area contributed by atoms with E-state index < -0.39 is 45.6 Å². The number of nitrogens with one attached hydrogen (secondary N) is 1. The number of halogens is 2. The molecule has 1 saturated heterocycles. The summed E-state index contributed by atoms with van der Waals surface area (Å²) in [5, 5.41) is 2.33. The molecule has 144 valence electrons. The molecule has 0 aromatic heterocycles. The first-order valence-electron chi connectivity index (χ1n) is 7.99. The Morgan fingerprint density at radius 1 is 1.23 bits per heavy atom. The van der Waals surface area contributed by atoms with Gasteiger partial charge in [-0.3, -0.25) is 9.59 Å². The molecule has 1 aliphatic heterocycles. The lowest BCUT2D eigenvalue weighted by atomic mass is 9.98. The third-order valence-electron chi connectivity index (χ3n) is 4.11. The minimum Gasteiger partial charge on any atom is -0.452 e. The predicted molar refractivity (Wildman–Crippen MR) is 89.7 cm³/mol. The lowest BCUT2D eigenvalue weighted by molar-refractivity contribution is -0.158. The number of nitrogens with zero attached hydrogens (tertiary/aromatic N) is 1. The summed E-state index contributed by atoms with van der Waals surface area (Å²) in [6.07, 6.45) is 0.590. The van der Waals surface area contributed by atoms with Crippen LogP contribution in [0, 0.1) is 17.6 Å². The van der Waals surface area contributed by atoms with Crippen LogP contribution < -0.4 is 5.32 Å². The van der Waals surface area contributed by atoms with Crippen molar-refractivity contribution >= 4 is 27.6 Å². The molecule has 0 radical (unpaired) electrons. The highest BCUT2D eigenvalue weighted by Gasteiger charge is 2.31. The molecule has 10 heteroatoms. The summed E-state index contributed by atoms with van der Waals surface area (Å²) >= 11 is 0. The Hall–Kier alpha value is -2.07. The van der Waals surface area contributed by atoms with Crippen molar-refractivity contribution in [3.8, 4) is 0 Å². The van der Waals surface area contributed by atoms with E-state index in [2.05, 4.69) is 5.32 Å². The third-order valence-corrected chi connectivity index (χ3v) is 5.41. The molecule has 1 amide bonds. The van der Waals surface area contributed by atoms with Gasteiger partial charge in [0.05, 0.1) is 12.2 Å². The van der Waals surface area contributed by atoms with Gasteiger partial charge < -0.3 is 10.1 Å². The number of piperidine rings is 1. The molecule has 1 aromatic rings. The topological polar surface area (TPSA) is 92.8 Å². The quantitative estimate of drug-likeness (QED) is 0.770. The van der Waals surface area contributed by atoms with Gasteiger partial charge in [-0.15, -0.1) is 0 Å². The minimum absolute atomic E-state index is 0.0401. The van der Waals surface area contributed by atoms with E-state index in [0.717, 1.165) is 18.4 Å². The smallest absolute Gasteiger partial charge is 0.309 e. The summed E-state index contributed by atoms with van der Waals surface area (Å²) in [4.78, 5) is 24.2. The number of ether oxygens (including phenoxy) is 1. The fourth-order valence-corrected chi connectivity index (χ4v) is 3.44. The largest absolute Gasteiger partial charge is 0.452 e. The number of benzene rings is 1. The van der Waals surface area contributed by atoms with Crippen LogP contribution >= 0.6 is 0 Å². The van der Waals surface area contributed by atoms with E-state index in [0.29, 0.717) is 12.8 Å². The van der Waals surface area contributed by atoms with Crippen molar-refractivity contribution in [3.63, 3.8) is 0 Å². The van der Waals surface area contributed by atoms with Crippen LogP contribution in [0.3, 0.4) is 0 Å². The van der Waals surface area contributed by atoms with E-state index in [4.69, 9.17) is 4.74 Å². The van der Waals surface area contributed by atoms with Crippen LogP contribution in [0.5, 0.6) is 0 Å². The Morgan fingerprint density at radius 3 is 2.38 bits per heavy atom. The standard InChI is InChI=1S/C16H20F2N2O5S/c1-10(15(21)19-12-3-4-13(17)14(18)9-12)25-16(22)11-5-7-20(8-6-11)26(2,23)24/h3-4,9-11H,5-8H2,1-2H3,(H,19,21). The Balaban J connectivity index is 1.86. The molecule has 2 rings (SSSR count). The lowest BCUT2D eigenvalue weighted by Gasteiger charge is -2.29. The van der Waals surface area contributed by atoms with E-state index in [1.54, 1.807) is 0 Å². The first-order chi connectivity index (χ1) is 12.1. The molecule has 1 heterocycles. The highest BCUT2D eigenvalue weighted by Crippen LogP contribution is 2.21. The van der Waals surface area contributed by atoms with Gasteiger partial charge in [0.2, 0.25) is 10.0 Å². The molecular weight excluding hydrogens is 370 g/mol. The van der Waals surface area contributed by atoms with Crippen LogP contribution in [-0.4, -0.2) is 50.0 Å². The van der Waals surface area contributed by atoms with Crippen molar-refractivity contribution in [2.75, 3.05) is 24.7 Å². The average molecular weight is 390 g/mol. The maximum atomic E-state index is 13.1. The summed E-state index contributed by atoms with van der Waals surface area (Å²) in [5.74, 6) is -3.91. The van der Waals surface area contributed by atoms with Crippen LogP contribution in [0.1, 0.15) is 19.8 Å². The molecule has 1 fully saturated rings. The summed E-state index contributed by atoms with van der Waals surface area (Å²) in [7, 11) is -3.29. The number of hydrogen-bond donors (Lipinski definition) is 1. The second kappa shape index (κ2) is 8.09. The predicted octanol–water partition coefficient (Wildman–Crippen LogP) is 1.51. The van der Waals surface area contributed by atoms with Crippen molar-refractivity contribution in [1.82, 2.24) is 4.31 Å². The Bertz CT molecular complexity index is 792. The second-order valence-corrected chi connectivity index (χ2v) is 8.12. The zero-order valence-electron chi connectivity index (χ0n) is 14.4. The average Bonchev–Trinajstić information content (AvgIpc) is 2.57. The normalized spacial score (nSPS) is 17.5. The highest BCUT2D eigenvalue weighted by atomic mass is 32.2. The van der Waals surface area contributed by atoms with Crippen molar-refractivity contribution in [2.45, 2.75) is 25.9 Å². The highest BCUT2D eigenvalue weighted by molar-refractivity contribution is 7.88. The molecule has 0 spiro atoms. The van der Waals surface area contributed by atoms with Gasteiger partial charge in [0.25, 0.3) is 5.91 Å². The zero-order chi connectivity index (χ0) is 19.5. The fourth-order valence-electron chi connectivity index (χ4n) is 2.56. The monoisotopic (exact) mass is 390 g/mol. The maximum Gasteiger partial charge on any atom is 0.309 e.